The Bertz CT molecular complexity index is 375. The van der Waals surface area contributed by atoms with Crippen molar-refractivity contribution in [2.75, 3.05) is 0 Å². The Balaban J connectivity index is 2.52. The van der Waals surface area contributed by atoms with Crippen molar-refractivity contribution in [3.8, 4) is 0 Å². The molecule has 0 saturated carbocycles. The molecule has 5 nitrogen and oxygen atoms in total. The first kappa shape index (κ1) is 11.6. The first-order valence-electron chi connectivity index (χ1n) is 4.35. The fourth-order valence-electron chi connectivity index (χ4n) is 1.11. The molecular weight excluding hydrogens is 220 g/mol. The minimum absolute atomic E-state index is 0.111. The van der Waals surface area contributed by atoms with Gasteiger partial charge in [-0.05, 0) is 13.0 Å². The van der Waals surface area contributed by atoms with Gasteiger partial charge in [0.05, 0.1) is 11.4 Å². The van der Waals surface area contributed by atoms with Gasteiger partial charge in [0.1, 0.15) is 5.69 Å². The van der Waals surface area contributed by atoms with Gasteiger partial charge in [0.15, 0.2) is 0 Å². The number of carboxylic acids is 1. The average molecular weight is 231 g/mol. The van der Waals surface area contributed by atoms with Crippen LogP contribution < -0.4 is 5.32 Å². The van der Waals surface area contributed by atoms with E-state index in [1.807, 2.05) is 0 Å². The van der Waals surface area contributed by atoms with Gasteiger partial charge < -0.3 is 15.4 Å². The first-order valence-corrected chi connectivity index (χ1v) is 4.73. The molecule has 6 heteroatoms. The van der Waals surface area contributed by atoms with Crippen LogP contribution in [-0.2, 0) is 4.79 Å². The number of aliphatic carboxylic acids is 1. The summed E-state index contributed by atoms with van der Waals surface area (Å²) in [6.07, 6.45) is 1.37. The highest BCUT2D eigenvalue weighted by atomic mass is 35.5. The molecule has 1 rings (SSSR count). The van der Waals surface area contributed by atoms with E-state index in [0.29, 0.717) is 10.7 Å². The molecule has 0 aliphatic heterocycles. The largest absolute Gasteiger partial charge is 0.481 e. The zero-order valence-corrected chi connectivity index (χ0v) is 8.84. The van der Waals surface area contributed by atoms with E-state index in [2.05, 4.69) is 10.3 Å². The molecule has 0 bridgehead atoms. The van der Waals surface area contributed by atoms with Crippen molar-refractivity contribution in [1.29, 1.82) is 0 Å². The highest BCUT2D eigenvalue weighted by molar-refractivity contribution is 6.30. The van der Waals surface area contributed by atoms with Gasteiger partial charge in [0, 0.05) is 12.2 Å². The van der Waals surface area contributed by atoms with E-state index in [9.17, 15) is 9.59 Å². The van der Waals surface area contributed by atoms with Crippen LogP contribution in [0.15, 0.2) is 12.3 Å². The molecule has 1 atom stereocenters. The van der Waals surface area contributed by atoms with Gasteiger partial charge in [-0.25, -0.2) is 0 Å². The molecule has 82 valence electrons. The first-order chi connectivity index (χ1) is 6.99. The van der Waals surface area contributed by atoms with Crippen LogP contribution in [0.5, 0.6) is 0 Å². The normalized spacial score (nSPS) is 12.1. The summed E-state index contributed by atoms with van der Waals surface area (Å²) in [5.41, 5.74) is 0.317. The Morgan fingerprint density at radius 3 is 2.80 bits per heavy atom. The molecule has 0 fully saturated rings. The predicted octanol–water partition coefficient (Wildman–Crippen LogP) is 1.26. The maximum Gasteiger partial charge on any atom is 0.305 e. The van der Waals surface area contributed by atoms with Crippen molar-refractivity contribution in [2.45, 2.75) is 19.4 Å². The van der Waals surface area contributed by atoms with Gasteiger partial charge in [0.25, 0.3) is 5.91 Å². The van der Waals surface area contributed by atoms with Crippen LogP contribution in [0.2, 0.25) is 5.02 Å². The van der Waals surface area contributed by atoms with Gasteiger partial charge in [-0.15, -0.1) is 0 Å². The van der Waals surface area contributed by atoms with E-state index in [-0.39, 0.29) is 12.3 Å². The van der Waals surface area contributed by atoms with E-state index in [4.69, 9.17) is 16.7 Å². The third kappa shape index (κ3) is 3.63. The Kier molecular flexibility index (Phi) is 3.74. The van der Waals surface area contributed by atoms with Gasteiger partial charge in [-0.1, -0.05) is 11.6 Å². The SMILES string of the molecule is CC(CC(=O)O)NC(=O)c1cc(Cl)c[nH]1. The fourth-order valence-corrected chi connectivity index (χ4v) is 1.28. The topological polar surface area (TPSA) is 82.2 Å². The molecule has 1 aromatic rings. The zero-order chi connectivity index (χ0) is 11.4. The predicted molar refractivity (Wildman–Crippen MR) is 55.0 cm³/mol. The van der Waals surface area contributed by atoms with E-state index in [1.54, 1.807) is 6.92 Å². The lowest BCUT2D eigenvalue weighted by atomic mass is 10.2. The number of H-pyrrole nitrogens is 1. The van der Waals surface area contributed by atoms with Crippen LogP contribution in [0.3, 0.4) is 0 Å². The molecule has 1 amide bonds. The quantitative estimate of drug-likeness (QED) is 0.728. The molecule has 1 unspecified atom stereocenters. The zero-order valence-electron chi connectivity index (χ0n) is 8.08. The highest BCUT2D eigenvalue weighted by Gasteiger charge is 2.13. The molecule has 3 N–H and O–H groups in total. The number of amides is 1. The van der Waals surface area contributed by atoms with Gasteiger partial charge in [0.2, 0.25) is 0 Å². The summed E-state index contributed by atoms with van der Waals surface area (Å²) in [5, 5.41) is 11.5. The molecule has 0 radical (unpaired) electrons. The molecule has 0 aliphatic carbocycles. The second-order valence-corrected chi connectivity index (χ2v) is 3.64. The Morgan fingerprint density at radius 2 is 2.33 bits per heavy atom. The molecule has 0 aliphatic rings. The van der Waals surface area contributed by atoms with Gasteiger partial charge in [-0.2, -0.15) is 0 Å². The van der Waals surface area contributed by atoms with Crippen LogP contribution in [0.4, 0.5) is 0 Å². The number of carboxylic acid groups (broad SMARTS) is 1. The summed E-state index contributed by atoms with van der Waals surface area (Å²) < 4.78 is 0. The van der Waals surface area contributed by atoms with Crippen LogP contribution in [0.25, 0.3) is 0 Å². The van der Waals surface area contributed by atoms with Crippen LogP contribution in [-0.4, -0.2) is 28.0 Å². The summed E-state index contributed by atoms with van der Waals surface area (Å²) >= 11 is 5.62. The number of aromatic nitrogens is 1. The van der Waals surface area contributed by atoms with Gasteiger partial charge in [-0.3, -0.25) is 9.59 Å². The van der Waals surface area contributed by atoms with E-state index < -0.39 is 12.0 Å². The lowest BCUT2D eigenvalue weighted by molar-refractivity contribution is -0.137. The molecule has 0 saturated heterocycles. The van der Waals surface area contributed by atoms with Crippen molar-refractivity contribution in [1.82, 2.24) is 10.3 Å². The third-order valence-electron chi connectivity index (χ3n) is 1.75. The number of carbonyl (C=O) groups is 2. The number of hydrogen-bond acceptors (Lipinski definition) is 2. The van der Waals surface area contributed by atoms with Crippen molar-refractivity contribution in [3.05, 3.63) is 23.0 Å². The monoisotopic (exact) mass is 230 g/mol. The lowest BCUT2D eigenvalue weighted by Gasteiger charge is -2.10. The standard InChI is InChI=1S/C9H11ClN2O3/c1-5(2-8(13)14)12-9(15)7-3-6(10)4-11-7/h3-5,11H,2H2,1H3,(H,12,15)(H,13,14). The average Bonchev–Trinajstić information content (AvgIpc) is 2.49. The van der Waals surface area contributed by atoms with Gasteiger partial charge >= 0.3 is 5.97 Å². The fraction of sp³-hybridized carbons (Fsp3) is 0.333. The second kappa shape index (κ2) is 4.84. The van der Waals surface area contributed by atoms with E-state index >= 15 is 0 Å². The van der Waals surface area contributed by atoms with Crippen molar-refractivity contribution >= 4 is 23.5 Å². The lowest BCUT2D eigenvalue weighted by Crippen LogP contribution is -2.34. The number of rotatable bonds is 4. The summed E-state index contributed by atoms with van der Waals surface area (Å²) in [6.45, 7) is 1.62. The Labute approximate surface area is 91.4 Å². The van der Waals surface area contributed by atoms with Crippen LogP contribution in [0.1, 0.15) is 23.8 Å². The second-order valence-electron chi connectivity index (χ2n) is 3.20. The Morgan fingerprint density at radius 1 is 1.67 bits per heavy atom. The molecule has 0 aromatic carbocycles. The van der Waals surface area contributed by atoms with Crippen molar-refractivity contribution in [3.63, 3.8) is 0 Å². The third-order valence-corrected chi connectivity index (χ3v) is 1.97. The minimum atomic E-state index is -0.952. The van der Waals surface area contributed by atoms with E-state index in [0.717, 1.165) is 0 Å². The minimum Gasteiger partial charge on any atom is -0.481 e. The van der Waals surface area contributed by atoms with Crippen molar-refractivity contribution in [2.24, 2.45) is 0 Å². The smallest absolute Gasteiger partial charge is 0.305 e. The number of hydrogen-bond donors (Lipinski definition) is 3. The molecule has 0 spiro atoms. The summed E-state index contributed by atoms with van der Waals surface area (Å²) in [4.78, 5) is 24.5. The maximum absolute atomic E-state index is 11.5. The molecule has 1 heterocycles. The van der Waals surface area contributed by atoms with Crippen molar-refractivity contribution < 1.29 is 14.7 Å². The number of halogens is 1. The maximum atomic E-state index is 11.5. The summed E-state index contributed by atoms with van der Waals surface area (Å²) in [6, 6.07) is 1.06. The van der Waals surface area contributed by atoms with Crippen LogP contribution >= 0.6 is 11.6 Å². The van der Waals surface area contributed by atoms with Crippen LogP contribution in [0, 0.1) is 0 Å². The molecule has 1 aromatic heterocycles. The molecule has 15 heavy (non-hydrogen) atoms. The number of nitrogens with one attached hydrogen (secondary N) is 2. The summed E-state index contributed by atoms with van der Waals surface area (Å²) in [5.74, 6) is -1.32. The Hall–Kier alpha value is -1.49. The number of carbonyl (C=O) groups excluding carboxylic acids is 1. The summed E-state index contributed by atoms with van der Waals surface area (Å²) in [7, 11) is 0. The number of aromatic amines is 1. The van der Waals surface area contributed by atoms with E-state index in [1.165, 1.54) is 12.3 Å². The highest BCUT2D eigenvalue weighted by Crippen LogP contribution is 2.09. The molecular formula is C9H11ClN2O3.